The van der Waals surface area contributed by atoms with Crippen LogP contribution in [0.3, 0.4) is 0 Å². The lowest BCUT2D eigenvalue weighted by Crippen LogP contribution is -2.45. The van der Waals surface area contributed by atoms with Crippen LogP contribution in [0.4, 0.5) is 0 Å². The minimum atomic E-state index is -0.805. The number of nitrogens with zero attached hydrogens (tertiary/aromatic N) is 2. The molecule has 0 saturated heterocycles. The number of hydrogen-bond acceptors (Lipinski definition) is 3. The molecule has 1 heterocycles. The molecule has 0 bridgehead atoms. The lowest BCUT2D eigenvalue weighted by atomic mass is 10.2. The summed E-state index contributed by atoms with van der Waals surface area (Å²) in [6, 6.07) is 13.2. The van der Waals surface area contributed by atoms with E-state index in [0.29, 0.717) is 15.9 Å². The summed E-state index contributed by atoms with van der Waals surface area (Å²) in [7, 11) is 0. The zero-order chi connectivity index (χ0) is 21.1. The molecule has 0 aliphatic heterocycles. The van der Waals surface area contributed by atoms with Crippen molar-refractivity contribution in [3.05, 3.63) is 80.0 Å². The molecule has 3 aromatic rings. The standard InChI is InChI=1S/C22H24ClN3O3/c1-4-14(2)24-20(27)15(3)26-19-12-17(23)10-11-18(19)21(28)25(22(26)29)13-16-8-6-5-7-9-16/h5-12,14-15H,4,13H2,1-3H3,(H,24,27)/t14-,15+/m1/s1. The van der Waals surface area contributed by atoms with Crippen molar-refractivity contribution in [2.45, 2.75) is 45.8 Å². The number of fused-ring (bicyclic) bond motifs is 1. The Morgan fingerprint density at radius 1 is 1.10 bits per heavy atom. The van der Waals surface area contributed by atoms with Gasteiger partial charge in [-0.05, 0) is 44.0 Å². The summed E-state index contributed by atoms with van der Waals surface area (Å²) in [5.74, 6) is -0.285. The molecule has 0 unspecified atom stereocenters. The summed E-state index contributed by atoms with van der Waals surface area (Å²) in [6.45, 7) is 5.64. The Morgan fingerprint density at radius 2 is 1.79 bits per heavy atom. The maximum atomic E-state index is 13.3. The van der Waals surface area contributed by atoms with E-state index in [1.54, 1.807) is 25.1 Å². The molecule has 0 spiro atoms. The smallest absolute Gasteiger partial charge is 0.332 e. The van der Waals surface area contributed by atoms with Gasteiger partial charge in [0.2, 0.25) is 5.91 Å². The highest BCUT2D eigenvalue weighted by Crippen LogP contribution is 2.19. The molecule has 152 valence electrons. The Hall–Kier alpha value is -2.86. The SMILES string of the molecule is CC[C@@H](C)NC(=O)[C@H](C)n1c(=O)n(Cc2ccccc2)c(=O)c2ccc(Cl)cc21. The Bertz CT molecular complexity index is 1150. The van der Waals surface area contributed by atoms with Crippen molar-refractivity contribution in [1.29, 1.82) is 0 Å². The van der Waals surface area contributed by atoms with Gasteiger partial charge < -0.3 is 5.32 Å². The monoisotopic (exact) mass is 413 g/mol. The molecule has 0 fully saturated rings. The van der Waals surface area contributed by atoms with Crippen LogP contribution in [-0.2, 0) is 11.3 Å². The average Bonchev–Trinajstić information content (AvgIpc) is 2.71. The van der Waals surface area contributed by atoms with Crippen LogP contribution >= 0.6 is 11.6 Å². The molecular weight excluding hydrogens is 390 g/mol. The summed E-state index contributed by atoms with van der Waals surface area (Å²) < 4.78 is 2.52. The van der Waals surface area contributed by atoms with Crippen LogP contribution in [-0.4, -0.2) is 21.1 Å². The van der Waals surface area contributed by atoms with E-state index < -0.39 is 17.3 Å². The molecule has 1 amide bonds. The number of carbonyl (C=O) groups is 1. The van der Waals surface area contributed by atoms with Crippen LogP contribution in [0.1, 0.15) is 38.8 Å². The Labute approximate surface area is 173 Å². The zero-order valence-corrected chi connectivity index (χ0v) is 17.4. The first-order valence-electron chi connectivity index (χ1n) is 9.62. The second-order valence-corrected chi connectivity index (χ2v) is 7.62. The first-order valence-corrected chi connectivity index (χ1v) is 10.00. The third kappa shape index (κ3) is 4.27. The first kappa shape index (κ1) is 20.9. The van der Waals surface area contributed by atoms with Gasteiger partial charge in [0.1, 0.15) is 6.04 Å². The summed E-state index contributed by atoms with van der Waals surface area (Å²) in [6.07, 6.45) is 0.771. The van der Waals surface area contributed by atoms with Crippen molar-refractivity contribution >= 4 is 28.4 Å². The highest BCUT2D eigenvalue weighted by molar-refractivity contribution is 6.31. The largest absolute Gasteiger partial charge is 0.352 e. The van der Waals surface area contributed by atoms with Crippen molar-refractivity contribution in [2.75, 3.05) is 0 Å². The maximum Gasteiger partial charge on any atom is 0.332 e. The highest BCUT2D eigenvalue weighted by atomic mass is 35.5. The fraction of sp³-hybridized carbons (Fsp3) is 0.318. The van der Waals surface area contributed by atoms with Gasteiger partial charge in [0, 0.05) is 11.1 Å². The van der Waals surface area contributed by atoms with E-state index in [9.17, 15) is 14.4 Å². The number of hydrogen-bond donors (Lipinski definition) is 1. The van der Waals surface area contributed by atoms with Gasteiger partial charge in [-0.2, -0.15) is 0 Å². The van der Waals surface area contributed by atoms with Crippen LogP contribution in [0.2, 0.25) is 5.02 Å². The fourth-order valence-electron chi connectivity index (χ4n) is 3.21. The Balaban J connectivity index is 2.21. The van der Waals surface area contributed by atoms with Crippen LogP contribution < -0.4 is 16.6 Å². The summed E-state index contributed by atoms with van der Waals surface area (Å²) >= 11 is 6.13. The molecule has 2 aromatic carbocycles. The average molecular weight is 414 g/mol. The molecule has 7 heteroatoms. The van der Waals surface area contributed by atoms with E-state index in [-0.39, 0.29) is 18.5 Å². The molecular formula is C22H24ClN3O3. The third-order valence-corrected chi connectivity index (χ3v) is 5.32. The number of aromatic nitrogens is 2. The number of halogens is 1. The minimum Gasteiger partial charge on any atom is -0.352 e. The molecule has 29 heavy (non-hydrogen) atoms. The topological polar surface area (TPSA) is 73.1 Å². The second kappa shape index (κ2) is 8.66. The third-order valence-electron chi connectivity index (χ3n) is 5.08. The number of nitrogens with one attached hydrogen (secondary N) is 1. The maximum absolute atomic E-state index is 13.3. The van der Waals surface area contributed by atoms with Gasteiger partial charge in [-0.15, -0.1) is 0 Å². The van der Waals surface area contributed by atoms with Crippen LogP contribution in [0.5, 0.6) is 0 Å². The predicted octanol–water partition coefficient (Wildman–Crippen LogP) is 3.34. The lowest BCUT2D eigenvalue weighted by Gasteiger charge is -2.21. The normalized spacial score (nSPS) is 13.2. The van der Waals surface area contributed by atoms with E-state index in [4.69, 9.17) is 11.6 Å². The van der Waals surface area contributed by atoms with Crippen molar-refractivity contribution in [2.24, 2.45) is 0 Å². The zero-order valence-electron chi connectivity index (χ0n) is 16.7. The van der Waals surface area contributed by atoms with E-state index >= 15 is 0 Å². The van der Waals surface area contributed by atoms with Gasteiger partial charge in [-0.25, -0.2) is 4.79 Å². The van der Waals surface area contributed by atoms with Crippen molar-refractivity contribution in [3.63, 3.8) is 0 Å². The molecule has 0 radical (unpaired) electrons. The first-order chi connectivity index (χ1) is 13.8. The summed E-state index contributed by atoms with van der Waals surface area (Å²) in [5.41, 5.74) is 0.226. The van der Waals surface area contributed by atoms with Gasteiger partial charge in [0.15, 0.2) is 0 Å². The second-order valence-electron chi connectivity index (χ2n) is 7.18. The molecule has 0 saturated carbocycles. The molecule has 2 atom stereocenters. The quantitative estimate of drug-likeness (QED) is 0.673. The molecule has 6 nitrogen and oxygen atoms in total. The van der Waals surface area contributed by atoms with Crippen LogP contribution in [0, 0.1) is 0 Å². The summed E-state index contributed by atoms with van der Waals surface area (Å²) in [5, 5.41) is 3.63. The molecule has 1 aromatic heterocycles. The van der Waals surface area contributed by atoms with Gasteiger partial charge >= 0.3 is 5.69 Å². The van der Waals surface area contributed by atoms with Crippen molar-refractivity contribution in [3.8, 4) is 0 Å². The molecule has 1 N–H and O–H groups in total. The van der Waals surface area contributed by atoms with Crippen LogP contribution in [0.25, 0.3) is 10.9 Å². The summed E-state index contributed by atoms with van der Waals surface area (Å²) in [4.78, 5) is 39.1. The Kier molecular flexibility index (Phi) is 6.23. The van der Waals surface area contributed by atoms with Gasteiger partial charge in [0.05, 0.1) is 17.4 Å². The predicted molar refractivity (Wildman–Crippen MR) is 116 cm³/mol. The van der Waals surface area contributed by atoms with E-state index in [1.165, 1.54) is 9.13 Å². The van der Waals surface area contributed by atoms with Gasteiger partial charge in [-0.1, -0.05) is 48.9 Å². The number of rotatable bonds is 6. The van der Waals surface area contributed by atoms with Gasteiger partial charge in [0.25, 0.3) is 5.56 Å². The number of amides is 1. The van der Waals surface area contributed by atoms with Crippen molar-refractivity contribution < 1.29 is 4.79 Å². The van der Waals surface area contributed by atoms with E-state index in [1.807, 2.05) is 44.2 Å². The lowest BCUT2D eigenvalue weighted by molar-refractivity contribution is -0.124. The highest BCUT2D eigenvalue weighted by Gasteiger charge is 2.23. The van der Waals surface area contributed by atoms with Crippen LogP contribution in [0.15, 0.2) is 58.1 Å². The van der Waals surface area contributed by atoms with Crippen molar-refractivity contribution in [1.82, 2.24) is 14.5 Å². The molecule has 3 rings (SSSR count). The van der Waals surface area contributed by atoms with Gasteiger partial charge in [-0.3, -0.25) is 18.7 Å². The number of carbonyl (C=O) groups excluding carboxylic acids is 1. The Morgan fingerprint density at radius 3 is 2.45 bits per heavy atom. The van der Waals surface area contributed by atoms with E-state index in [0.717, 1.165) is 12.0 Å². The fourth-order valence-corrected chi connectivity index (χ4v) is 3.38. The molecule has 0 aliphatic rings. The number of benzene rings is 2. The van der Waals surface area contributed by atoms with E-state index in [2.05, 4.69) is 5.32 Å². The minimum absolute atomic E-state index is 0.0225. The molecule has 0 aliphatic carbocycles.